The fourth-order valence-electron chi connectivity index (χ4n) is 5.97. The second-order valence-electron chi connectivity index (χ2n) is 10.8. The summed E-state index contributed by atoms with van der Waals surface area (Å²) in [5.41, 5.74) is 7.29. The van der Waals surface area contributed by atoms with Gasteiger partial charge in [-0.15, -0.1) is 0 Å². The minimum absolute atomic E-state index is 0.112. The van der Waals surface area contributed by atoms with Crippen LogP contribution in [0.4, 0.5) is 5.69 Å². The molecule has 1 aliphatic heterocycles. The Kier molecular flexibility index (Phi) is 8.75. The Labute approximate surface area is 238 Å². The van der Waals surface area contributed by atoms with Crippen molar-refractivity contribution < 1.29 is 9.59 Å². The third-order valence-electron chi connectivity index (χ3n) is 8.03. The highest BCUT2D eigenvalue weighted by Gasteiger charge is 2.32. The number of anilines is 1. The van der Waals surface area contributed by atoms with Gasteiger partial charge in [0, 0.05) is 37.3 Å². The van der Waals surface area contributed by atoms with Crippen LogP contribution in [-0.4, -0.2) is 31.3 Å². The van der Waals surface area contributed by atoms with Gasteiger partial charge in [0.1, 0.15) is 0 Å². The quantitative estimate of drug-likeness (QED) is 0.232. The van der Waals surface area contributed by atoms with E-state index in [1.807, 2.05) is 55.5 Å². The molecule has 4 nitrogen and oxygen atoms in total. The number of ketones is 1. The zero-order valence-electron chi connectivity index (χ0n) is 23.5. The molecule has 0 saturated carbocycles. The Hall–Kier alpha value is -4.18. The zero-order valence-corrected chi connectivity index (χ0v) is 23.5. The fraction of sp³-hybridized carbons (Fsp3) is 0.278. The second-order valence-corrected chi connectivity index (χ2v) is 10.8. The van der Waals surface area contributed by atoms with Gasteiger partial charge in [-0.2, -0.15) is 0 Å². The van der Waals surface area contributed by atoms with Gasteiger partial charge in [-0.3, -0.25) is 9.59 Å². The standard InChI is InChI=1S/C36H38N2O2/c1-3-37-36(40)35(28-11-5-4-6-12-28)29-20-22-38(23-21-29)31-18-16-27(17-19-31)25-34(39)33-15-8-7-14-32(33)30-13-9-10-26(2)24-30/h4-19,24,29,35H,3,20-23,25H2,1-2H3,(H,37,40). The molecule has 4 heteroatoms. The first kappa shape index (κ1) is 27.4. The number of piperidine rings is 1. The molecular formula is C36H38N2O2. The number of likely N-dealkylation sites (N-methyl/N-ethyl adjacent to an activating group) is 1. The number of carbonyl (C=O) groups excluding carboxylic acids is 2. The number of hydrogen-bond donors (Lipinski definition) is 1. The van der Waals surface area contributed by atoms with E-state index in [0.717, 1.165) is 53.7 Å². The summed E-state index contributed by atoms with van der Waals surface area (Å²) in [7, 11) is 0. The maximum Gasteiger partial charge on any atom is 0.227 e. The average molecular weight is 531 g/mol. The zero-order chi connectivity index (χ0) is 27.9. The first-order valence-electron chi connectivity index (χ1n) is 14.4. The fourth-order valence-corrected chi connectivity index (χ4v) is 5.97. The van der Waals surface area contributed by atoms with Crippen molar-refractivity contribution in [2.75, 3.05) is 24.5 Å². The van der Waals surface area contributed by atoms with Crippen molar-refractivity contribution in [3.05, 3.63) is 125 Å². The lowest BCUT2D eigenvalue weighted by Gasteiger charge is -2.37. The normalized spacial score (nSPS) is 14.5. The summed E-state index contributed by atoms with van der Waals surface area (Å²) in [5.74, 6) is 0.461. The molecule has 1 aliphatic rings. The van der Waals surface area contributed by atoms with E-state index in [1.165, 1.54) is 11.3 Å². The van der Waals surface area contributed by atoms with Crippen LogP contribution in [-0.2, 0) is 11.2 Å². The van der Waals surface area contributed by atoms with Crippen molar-refractivity contribution in [3.63, 3.8) is 0 Å². The number of Topliss-reactive ketones (excluding diaryl/α,β-unsaturated/α-hetero) is 1. The van der Waals surface area contributed by atoms with E-state index in [2.05, 4.69) is 71.7 Å². The van der Waals surface area contributed by atoms with Crippen LogP contribution in [0.3, 0.4) is 0 Å². The first-order valence-corrected chi connectivity index (χ1v) is 14.4. The van der Waals surface area contributed by atoms with Crippen LogP contribution in [0.1, 0.15) is 52.7 Å². The molecule has 5 rings (SSSR count). The summed E-state index contributed by atoms with van der Waals surface area (Å²) in [4.78, 5) is 28.7. The lowest BCUT2D eigenvalue weighted by molar-refractivity contribution is -0.123. The Bertz CT molecular complexity index is 1440. The third-order valence-corrected chi connectivity index (χ3v) is 8.03. The van der Waals surface area contributed by atoms with E-state index in [4.69, 9.17) is 0 Å². The lowest BCUT2D eigenvalue weighted by atomic mass is 9.79. The van der Waals surface area contributed by atoms with Crippen molar-refractivity contribution in [2.45, 2.75) is 39.0 Å². The highest BCUT2D eigenvalue weighted by Crippen LogP contribution is 2.35. The molecule has 0 spiro atoms. The van der Waals surface area contributed by atoms with Gasteiger partial charge in [0.2, 0.25) is 5.91 Å². The maximum atomic E-state index is 13.4. The summed E-state index contributed by atoms with van der Waals surface area (Å²) < 4.78 is 0. The topological polar surface area (TPSA) is 49.4 Å². The second kappa shape index (κ2) is 12.8. The number of carbonyl (C=O) groups is 2. The van der Waals surface area contributed by atoms with Crippen molar-refractivity contribution >= 4 is 17.4 Å². The van der Waals surface area contributed by atoms with Gasteiger partial charge >= 0.3 is 0 Å². The summed E-state index contributed by atoms with van der Waals surface area (Å²) in [6.45, 7) is 6.52. The van der Waals surface area contributed by atoms with Gasteiger partial charge in [0.25, 0.3) is 0 Å². The Balaban J connectivity index is 1.23. The van der Waals surface area contributed by atoms with Gasteiger partial charge in [-0.25, -0.2) is 0 Å². The third kappa shape index (κ3) is 6.34. The number of nitrogens with zero attached hydrogens (tertiary/aromatic N) is 1. The molecule has 1 saturated heterocycles. The summed E-state index contributed by atoms with van der Waals surface area (Å²) in [5, 5.41) is 3.05. The predicted octanol–water partition coefficient (Wildman–Crippen LogP) is 7.22. The largest absolute Gasteiger partial charge is 0.372 e. The van der Waals surface area contributed by atoms with Crippen molar-refractivity contribution in [1.82, 2.24) is 5.32 Å². The molecule has 1 unspecified atom stereocenters. The van der Waals surface area contributed by atoms with Gasteiger partial charge in [0.05, 0.1) is 5.92 Å². The Morgan fingerprint density at radius 1 is 0.850 bits per heavy atom. The van der Waals surface area contributed by atoms with Gasteiger partial charge in [-0.1, -0.05) is 96.6 Å². The molecular weight excluding hydrogens is 492 g/mol. The Morgan fingerprint density at radius 3 is 2.25 bits per heavy atom. The molecule has 0 aliphatic carbocycles. The van der Waals surface area contributed by atoms with E-state index in [0.29, 0.717) is 18.9 Å². The highest BCUT2D eigenvalue weighted by atomic mass is 16.2. The Morgan fingerprint density at radius 2 is 1.55 bits per heavy atom. The van der Waals surface area contributed by atoms with Gasteiger partial charge < -0.3 is 10.2 Å². The number of amides is 1. The molecule has 1 fully saturated rings. The summed E-state index contributed by atoms with van der Waals surface area (Å²) in [6, 6.07) is 34.8. The number of rotatable bonds is 9. The van der Waals surface area contributed by atoms with Crippen LogP contribution in [0.15, 0.2) is 103 Å². The van der Waals surface area contributed by atoms with E-state index >= 15 is 0 Å². The molecule has 0 bridgehead atoms. The SMILES string of the molecule is CCNC(=O)C(c1ccccc1)C1CCN(c2ccc(CC(=O)c3ccccc3-c3cccc(C)c3)cc2)CC1. The average Bonchev–Trinajstić information content (AvgIpc) is 2.99. The molecule has 1 amide bonds. The highest BCUT2D eigenvalue weighted by molar-refractivity contribution is 6.03. The van der Waals surface area contributed by atoms with Crippen LogP contribution in [0.5, 0.6) is 0 Å². The molecule has 40 heavy (non-hydrogen) atoms. The van der Waals surface area contributed by atoms with Crippen LogP contribution < -0.4 is 10.2 Å². The van der Waals surface area contributed by atoms with E-state index in [9.17, 15) is 9.59 Å². The number of nitrogens with one attached hydrogen (secondary N) is 1. The first-order chi connectivity index (χ1) is 19.5. The van der Waals surface area contributed by atoms with E-state index in [1.54, 1.807) is 0 Å². The van der Waals surface area contributed by atoms with Crippen molar-refractivity contribution in [1.29, 1.82) is 0 Å². The molecule has 4 aromatic rings. The minimum atomic E-state index is -0.112. The molecule has 4 aromatic carbocycles. The number of aryl methyl sites for hydroxylation is 1. The number of hydrogen-bond acceptors (Lipinski definition) is 3. The smallest absolute Gasteiger partial charge is 0.227 e. The molecule has 204 valence electrons. The van der Waals surface area contributed by atoms with Crippen LogP contribution >= 0.6 is 0 Å². The van der Waals surface area contributed by atoms with Crippen LogP contribution in [0, 0.1) is 12.8 Å². The van der Waals surface area contributed by atoms with Crippen molar-refractivity contribution in [3.8, 4) is 11.1 Å². The molecule has 0 radical (unpaired) electrons. The lowest BCUT2D eigenvalue weighted by Crippen LogP contribution is -2.40. The van der Waals surface area contributed by atoms with E-state index in [-0.39, 0.29) is 17.6 Å². The molecule has 1 atom stereocenters. The monoisotopic (exact) mass is 530 g/mol. The van der Waals surface area contributed by atoms with Gasteiger partial charge in [-0.05, 0) is 67.0 Å². The van der Waals surface area contributed by atoms with E-state index < -0.39 is 0 Å². The van der Waals surface area contributed by atoms with Gasteiger partial charge in [0.15, 0.2) is 5.78 Å². The predicted molar refractivity (Wildman–Crippen MR) is 164 cm³/mol. The maximum absolute atomic E-state index is 13.4. The summed E-state index contributed by atoms with van der Waals surface area (Å²) in [6.07, 6.45) is 2.30. The van der Waals surface area contributed by atoms with Crippen LogP contribution in [0.2, 0.25) is 0 Å². The summed E-state index contributed by atoms with van der Waals surface area (Å²) >= 11 is 0. The number of benzene rings is 4. The van der Waals surface area contributed by atoms with Crippen LogP contribution in [0.25, 0.3) is 11.1 Å². The van der Waals surface area contributed by atoms with Crippen molar-refractivity contribution in [2.24, 2.45) is 5.92 Å². The molecule has 0 aromatic heterocycles. The minimum Gasteiger partial charge on any atom is -0.372 e. The molecule has 1 heterocycles. The molecule has 1 N–H and O–H groups in total.